The zero-order chi connectivity index (χ0) is 27.2. The number of carbonyl (C=O) groups excluding carboxylic acids is 2. The lowest BCUT2D eigenvalue weighted by molar-refractivity contribution is -0.0698. The summed E-state index contributed by atoms with van der Waals surface area (Å²) in [6.45, 7) is 0. The van der Waals surface area contributed by atoms with Gasteiger partial charge in [-0.3, -0.25) is 0 Å². The number of ether oxygens (including phenoxy) is 3. The standard InChI is InChI=1S/C35H30O5/c1-38-24-15-8-14-23(18-24)25-16-9-17-26-27(25)19-28-29-20-30(31(26)28)33(40-35(37)22-12-6-3-7-13-22)32(29)39-34(36)21-10-4-2-5-11-21/h2-18,28-33H,19-20H2,1H3. The fourth-order valence-electron chi connectivity index (χ4n) is 7.44. The van der Waals surface area contributed by atoms with E-state index in [9.17, 15) is 9.59 Å². The Morgan fingerprint density at radius 1 is 0.675 bits per heavy atom. The van der Waals surface area contributed by atoms with Crippen molar-refractivity contribution >= 4 is 11.9 Å². The molecule has 6 unspecified atom stereocenters. The molecule has 0 saturated heterocycles. The molecule has 0 N–H and O–H groups in total. The molecule has 5 nitrogen and oxygen atoms in total. The van der Waals surface area contributed by atoms with Crippen LogP contribution in [0.15, 0.2) is 103 Å². The third kappa shape index (κ3) is 4.08. The summed E-state index contributed by atoms with van der Waals surface area (Å²) in [6, 6.07) is 32.8. The van der Waals surface area contributed by atoms with Gasteiger partial charge in [0.05, 0.1) is 18.2 Å². The van der Waals surface area contributed by atoms with E-state index in [2.05, 4.69) is 30.3 Å². The second-order valence-electron chi connectivity index (χ2n) is 11.0. The van der Waals surface area contributed by atoms with Crippen LogP contribution in [0.5, 0.6) is 5.75 Å². The smallest absolute Gasteiger partial charge is 0.338 e. The first-order valence-corrected chi connectivity index (χ1v) is 13.9. The van der Waals surface area contributed by atoms with E-state index in [0.717, 1.165) is 24.2 Å². The van der Waals surface area contributed by atoms with E-state index in [-0.39, 0.29) is 29.7 Å². The minimum absolute atomic E-state index is 0.0815. The summed E-state index contributed by atoms with van der Waals surface area (Å²) in [5.41, 5.74) is 6.01. The van der Waals surface area contributed by atoms with Gasteiger partial charge in [-0.05, 0) is 83.3 Å². The second-order valence-corrected chi connectivity index (χ2v) is 11.0. The SMILES string of the molecule is COc1cccc(-c2cccc3c2CC2C4CC(C(OC(=O)c5ccccc5)C4OC(=O)c4ccccc4)C32)c1. The normalized spacial score (nSPS) is 25.6. The van der Waals surface area contributed by atoms with Crippen molar-refractivity contribution in [2.24, 2.45) is 17.8 Å². The fourth-order valence-corrected chi connectivity index (χ4v) is 7.44. The van der Waals surface area contributed by atoms with E-state index in [4.69, 9.17) is 14.2 Å². The fraction of sp³-hybridized carbons (Fsp3) is 0.257. The summed E-state index contributed by atoms with van der Waals surface area (Å²) < 4.78 is 17.9. The number of carbonyl (C=O) groups is 2. The summed E-state index contributed by atoms with van der Waals surface area (Å²) in [4.78, 5) is 26.5. The first kappa shape index (κ1) is 24.6. The predicted molar refractivity (Wildman–Crippen MR) is 151 cm³/mol. The van der Waals surface area contributed by atoms with Crippen LogP contribution in [0.25, 0.3) is 11.1 Å². The van der Waals surface area contributed by atoms with Gasteiger partial charge in [-0.25, -0.2) is 9.59 Å². The Labute approximate surface area is 233 Å². The molecule has 6 atom stereocenters. The molecule has 200 valence electrons. The highest BCUT2D eigenvalue weighted by Gasteiger charge is 2.63. The van der Waals surface area contributed by atoms with Crippen LogP contribution in [-0.2, 0) is 15.9 Å². The van der Waals surface area contributed by atoms with Gasteiger partial charge in [0.15, 0.2) is 0 Å². The van der Waals surface area contributed by atoms with Crippen molar-refractivity contribution in [2.45, 2.75) is 31.0 Å². The molecular weight excluding hydrogens is 500 g/mol. The summed E-state index contributed by atoms with van der Waals surface area (Å²) in [6.07, 6.45) is 0.796. The zero-order valence-corrected chi connectivity index (χ0v) is 22.2. The van der Waals surface area contributed by atoms with E-state index < -0.39 is 12.2 Å². The van der Waals surface area contributed by atoms with E-state index in [1.54, 1.807) is 31.4 Å². The molecule has 4 aromatic rings. The first-order chi connectivity index (χ1) is 19.6. The molecule has 40 heavy (non-hydrogen) atoms. The minimum Gasteiger partial charge on any atom is -0.497 e. The molecule has 0 amide bonds. The molecule has 2 fully saturated rings. The highest BCUT2D eigenvalue weighted by atomic mass is 16.6. The Hall–Kier alpha value is -4.38. The van der Waals surface area contributed by atoms with Crippen molar-refractivity contribution in [3.05, 3.63) is 125 Å². The molecule has 7 rings (SSSR count). The molecule has 0 aromatic heterocycles. The van der Waals surface area contributed by atoms with Crippen LogP contribution in [0.1, 0.15) is 44.2 Å². The molecule has 0 spiro atoms. The van der Waals surface area contributed by atoms with Crippen LogP contribution in [0.4, 0.5) is 0 Å². The first-order valence-electron chi connectivity index (χ1n) is 13.9. The van der Waals surface area contributed by atoms with Crippen molar-refractivity contribution in [2.75, 3.05) is 7.11 Å². The van der Waals surface area contributed by atoms with Crippen molar-refractivity contribution in [1.82, 2.24) is 0 Å². The van der Waals surface area contributed by atoms with Crippen molar-refractivity contribution in [3.63, 3.8) is 0 Å². The average molecular weight is 531 g/mol. The third-order valence-corrected chi connectivity index (χ3v) is 9.08. The van der Waals surface area contributed by atoms with Crippen molar-refractivity contribution < 1.29 is 23.8 Å². The summed E-state index contributed by atoms with van der Waals surface area (Å²) in [7, 11) is 1.68. The third-order valence-electron chi connectivity index (χ3n) is 9.08. The van der Waals surface area contributed by atoms with E-state index in [1.807, 2.05) is 48.5 Å². The van der Waals surface area contributed by atoms with Gasteiger partial charge >= 0.3 is 11.9 Å². The molecule has 2 bridgehead atoms. The van der Waals surface area contributed by atoms with Crippen LogP contribution in [0.2, 0.25) is 0 Å². The Balaban J connectivity index is 1.24. The van der Waals surface area contributed by atoms with Gasteiger partial charge in [-0.2, -0.15) is 0 Å². The Kier molecular flexibility index (Phi) is 6.15. The molecular formula is C35H30O5. The van der Waals surface area contributed by atoms with Crippen LogP contribution in [-0.4, -0.2) is 31.3 Å². The van der Waals surface area contributed by atoms with Gasteiger partial charge in [0.25, 0.3) is 0 Å². The molecule has 0 heterocycles. The lowest BCUT2D eigenvalue weighted by Gasteiger charge is -2.37. The molecule has 5 heteroatoms. The van der Waals surface area contributed by atoms with Crippen LogP contribution in [0.3, 0.4) is 0 Å². The number of rotatable bonds is 6. The summed E-state index contributed by atoms with van der Waals surface area (Å²) >= 11 is 0. The van der Waals surface area contributed by atoms with Gasteiger partial charge in [0.2, 0.25) is 0 Å². The Bertz CT molecular complexity index is 1560. The second kappa shape index (κ2) is 9.98. The molecule has 0 radical (unpaired) electrons. The summed E-state index contributed by atoms with van der Waals surface area (Å²) in [5, 5.41) is 0. The maximum absolute atomic E-state index is 13.2. The minimum atomic E-state index is -0.502. The Morgan fingerprint density at radius 3 is 1.95 bits per heavy atom. The lowest BCUT2D eigenvalue weighted by Crippen LogP contribution is -2.45. The number of methoxy groups -OCH3 is 1. The van der Waals surface area contributed by atoms with E-state index in [1.165, 1.54) is 16.7 Å². The summed E-state index contributed by atoms with van der Waals surface area (Å²) in [5.74, 6) is 0.855. The molecule has 3 aliphatic rings. The number of benzene rings is 4. The van der Waals surface area contributed by atoms with Crippen LogP contribution in [0, 0.1) is 17.8 Å². The topological polar surface area (TPSA) is 61.8 Å². The molecule has 2 saturated carbocycles. The van der Waals surface area contributed by atoms with Crippen LogP contribution < -0.4 is 4.74 Å². The van der Waals surface area contributed by atoms with Crippen molar-refractivity contribution in [3.8, 4) is 16.9 Å². The average Bonchev–Trinajstić information content (AvgIpc) is 3.67. The number of fused-ring (bicyclic) bond motifs is 7. The van der Waals surface area contributed by atoms with Gasteiger partial charge in [0, 0.05) is 11.8 Å². The number of hydrogen-bond donors (Lipinski definition) is 0. The highest BCUT2D eigenvalue weighted by Crippen LogP contribution is 2.63. The van der Waals surface area contributed by atoms with E-state index in [0.29, 0.717) is 17.0 Å². The van der Waals surface area contributed by atoms with Gasteiger partial charge in [0.1, 0.15) is 18.0 Å². The lowest BCUT2D eigenvalue weighted by atomic mass is 9.76. The van der Waals surface area contributed by atoms with Gasteiger partial charge in [-0.15, -0.1) is 0 Å². The highest BCUT2D eigenvalue weighted by molar-refractivity contribution is 5.90. The number of esters is 2. The Morgan fingerprint density at radius 2 is 1.30 bits per heavy atom. The monoisotopic (exact) mass is 530 g/mol. The van der Waals surface area contributed by atoms with Gasteiger partial charge in [-0.1, -0.05) is 66.7 Å². The zero-order valence-electron chi connectivity index (χ0n) is 22.2. The number of hydrogen-bond acceptors (Lipinski definition) is 5. The molecule has 0 aliphatic heterocycles. The maximum Gasteiger partial charge on any atom is 0.338 e. The predicted octanol–water partition coefficient (Wildman–Crippen LogP) is 6.72. The van der Waals surface area contributed by atoms with E-state index >= 15 is 0 Å². The van der Waals surface area contributed by atoms with Crippen molar-refractivity contribution in [1.29, 1.82) is 0 Å². The largest absolute Gasteiger partial charge is 0.497 e. The quantitative estimate of drug-likeness (QED) is 0.259. The van der Waals surface area contributed by atoms with Gasteiger partial charge < -0.3 is 14.2 Å². The molecule has 4 aromatic carbocycles. The maximum atomic E-state index is 13.2. The van der Waals surface area contributed by atoms with Crippen LogP contribution >= 0.6 is 0 Å². The molecule has 3 aliphatic carbocycles.